The molecule has 0 bridgehead atoms. The van der Waals surface area contributed by atoms with Gasteiger partial charge in [-0.1, -0.05) is 6.07 Å². The number of methoxy groups -OCH3 is 1. The number of rotatable bonds is 9. The van der Waals surface area contributed by atoms with Crippen LogP contribution in [0.4, 0.5) is 5.69 Å². The fourth-order valence-corrected chi connectivity index (χ4v) is 2.31. The van der Waals surface area contributed by atoms with Crippen LogP contribution in [-0.2, 0) is 9.53 Å². The molecule has 0 spiro atoms. The number of esters is 1. The highest BCUT2D eigenvalue weighted by molar-refractivity contribution is 5.92. The number of nitrogens with one attached hydrogen (secondary N) is 1. The third-order valence-corrected chi connectivity index (χ3v) is 3.45. The smallest absolute Gasteiger partial charge is 0.337 e. The van der Waals surface area contributed by atoms with Gasteiger partial charge >= 0.3 is 5.97 Å². The normalized spacial score (nSPS) is 10.0. The molecule has 0 saturated carbocycles. The van der Waals surface area contributed by atoms with Crippen LogP contribution in [0.2, 0.25) is 0 Å². The van der Waals surface area contributed by atoms with Crippen LogP contribution >= 0.6 is 0 Å². The van der Waals surface area contributed by atoms with Crippen molar-refractivity contribution in [2.75, 3.05) is 32.2 Å². The van der Waals surface area contributed by atoms with E-state index in [4.69, 9.17) is 14.2 Å². The van der Waals surface area contributed by atoms with E-state index in [0.717, 1.165) is 0 Å². The fourth-order valence-electron chi connectivity index (χ4n) is 2.31. The summed E-state index contributed by atoms with van der Waals surface area (Å²) < 4.78 is 21.1. The summed E-state index contributed by atoms with van der Waals surface area (Å²) in [5.74, 6) is 0.764. The average molecular weight is 373 g/mol. The Balaban J connectivity index is 1.97. The van der Waals surface area contributed by atoms with Crippen LogP contribution in [0.15, 0.2) is 42.5 Å². The minimum atomic E-state index is -0.470. The second-order valence-electron chi connectivity index (χ2n) is 5.38. The largest absolute Gasteiger partial charge is 0.490 e. The second kappa shape index (κ2) is 10.1. The third-order valence-electron chi connectivity index (χ3n) is 3.45. The Morgan fingerprint density at radius 2 is 1.67 bits per heavy atom. The molecule has 2 rings (SSSR count). The minimum absolute atomic E-state index is 0.207. The maximum absolute atomic E-state index is 12.1. The van der Waals surface area contributed by atoms with E-state index in [1.165, 1.54) is 13.2 Å². The highest BCUT2D eigenvalue weighted by atomic mass is 16.5. The number of benzene rings is 2. The van der Waals surface area contributed by atoms with E-state index < -0.39 is 5.97 Å². The number of carbonyl (C=O) groups excluding carboxylic acids is 2. The lowest BCUT2D eigenvalue weighted by Crippen LogP contribution is -2.20. The predicted molar refractivity (Wildman–Crippen MR) is 101 cm³/mol. The van der Waals surface area contributed by atoms with Crippen molar-refractivity contribution in [1.29, 1.82) is 0 Å². The number of anilines is 1. The highest BCUT2D eigenvalue weighted by Crippen LogP contribution is 2.30. The van der Waals surface area contributed by atoms with Gasteiger partial charge in [-0.2, -0.15) is 0 Å². The molecule has 7 nitrogen and oxygen atoms in total. The fraction of sp³-hybridized carbons (Fsp3) is 0.300. The monoisotopic (exact) mass is 373 g/mol. The molecule has 2 aromatic rings. The lowest BCUT2D eigenvalue weighted by molar-refractivity contribution is -0.118. The van der Waals surface area contributed by atoms with Crippen LogP contribution in [0.25, 0.3) is 0 Å². The number of carbonyl (C=O) groups is 2. The maximum atomic E-state index is 12.1. The standard InChI is InChI=1S/C20H23NO6/c1-4-25-17-10-9-15(12-18(17)26-5-2)21-19(22)13-27-16-8-6-7-14(11-16)20(23)24-3/h6-12H,4-5,13H2,1-3H3,(H,21,22). The molecule has 0 fully saturated rings. The molecule has 1 amide bonds. The van der Waals surface area contributed by atoms with Gasteiger partial charge in [0.15, 0.2) is 18.1 Å². The average Bonchev–Trinajstić information content (AvgIpc) is 2.68. The molecule has 1 N–H and O–H groups in total. The van der Waals surface area contributed by atoms with Gasteiger partial charge in [-0.15, -0.1) is 0 Å². The van der Waals surface area contributed by atoms with Crippen molar-refractivity contribution < 1.29 is 28.5 Å². The van der Waals surface area contributed by atoms with E-state index in [1.54, 1.807) is 36.4 Å². The summed E-state index contributed by atoms with van der Waals surface area (Å²) >= 11 is 0. The van der Waals surface area contributed by atoms with Crippen molar-refractivity contribution in [3.8, 4) is 17.2 Å². The summed E-state index contributed by atoms with van der Waals surface area (Å²) in [5, 5.41) is 2.74. The molecule has 0 radical (unpaired) electrons. The van der Waals surface area contributed by atoms with Gasteiger partial charge in [0.2, 0.25) is 0 Å². The van der Waals surface area contributed by atoms with E-state index >= 15 is 0 Å². The van der Waals surface area contributed by atoms with Gasteiger partial charge < -0.3 is 24.3 Å². The summed E-state index contributed by atoms with van der Waals surface area (Å²) in [6.45, 7) is 4.55. The molecule has 0 aliphatic heterocycles. The van der Waals surface area contributed by atoms with E-state index in [9.17, 15) is 9.59 Å². The molecule has 0 heterocycles. The summed E-state index contributed by atoms with van der Waals surface area (Å²) in [7, 11) is 1.30. The molecular formula is C20H23NO6. The van der Waals surface area contributed by atoms with Crippen molar-refractivity contribution in [3.63, 3.8) is 0 Å². The summed E-state index contributed by atoms with van der Waals surface area (Å²) in [5.41, 5.74) is 0.919. The van der Waals surface area contributed by atoms with Gasteiger partial charge in [-0.25, -0.2) is 4.79 Å². The molecule has 144 valence electrons. The van der Waals surface area contributed by atoms with Crippen molar-refractivity contribution in [1.82, 2.24) is 0 Å². The van der Waals surface area contributed by atoms with Crippen molar-refractivity contribution in [2.45, 2.75) is 13.8 Å². The zero-order valence-corrected chi connectivity index (χ0v) is 15.6. The van der Waals surface area contributed by atoms with Crippen LogP contribution < -0.4 is 19.5 Å². The number of hydrogen-bond donors (Lipinski definition) is 1. The van der Waals surface area contributed by atoms with E-state index in [0.29, 0.717) is 41.7 Å². The molecule has 0 saturated heterocycles. The molecule has 0 aliphatic carbocycles. The first-order valence-electron chi connectivity index (χ1n) is 8.58. The van der Waals surface area contributed by atoms with E-state index in [1.807, 2.05) is 13.8 Å². The molecule has 0 aliphatic rings. The quantitative estimate of drug-likeness (QED) is 0.679. The van der Waals surface area contributed by atoms with Crippen LogP contribution in [0.1, 0.15) is 24.2 Å². The Hall–Kier alpha value is -3.22. The molecule has 7 heteroatoms. The number of amides is 1. The molecule has 0 unspecified atom stereocenters. The first kappa shape index (κ1) is 20.1. The van der Waals surface area contributed by atoms with Crippen molar-refractivity contribution >= 4 is 17.6 Å². The van der Waals surface area contributed by atoms with Crippen LogP contribution in [0.5, 0.6) is 17.2 Å². The van der Waals surface area contributed by atoms with Crippen LogP contribution in [0, 0.1) is 0 Å². The Bertz CT molecular complexity index is 790. The molecule has 2 aromatic carbocycles. The van der Waals surface area contributed by atoms with Gasteiger partial charge in [0, 0.05) is 11.8 Å². The lowest BCUT2D eigenvalue weighted by Gasteiger charge is -2.13. The minimum Gasteiger partial charge on any atom is -0.490 e. The van der Waals surface area contributed by atoms with Crippen LogP contribution in [-0.4, -0.2) is 38.8 Å². The number of ether oxygens (including phenoxy) is 4. The van der Waals surface area contributed by atoms with Gasteiger partial charge in [-0.3, -0.25) is 4.79 Å². The van der Waals surface area contributed by atoms with Crippen molar-refractivity contribution in [2.24, 2.45) is 0 Å². The van der Waals surface area contributed by atoms with Gasteiger partial charge in [0.1, 0.15) is 5.75 Å². The third kappa shape index (κ3) is 5.91. The van der Waals surface area contributed by atoms with E-state index in [2.05, 4.69) is 10.1 Å². The summed E-state index contributed by atoms with van der Waals surface area (Å²) in [6.07, 6.45) is 0. The van der Waals surface area contributed by atoms with Crippen molar-refractivity contribution in [3.05, 3.63) is 48.0 Å². The topological polar surface area (TPSA) is 83.1 Å². The zero-order valence-electron chi connectivity index (χ0n) is 15.6. The zero-order chi connectivity index (χ0) is 19.6. The Labute approximate surface area is 158 Å². The molecule has 0 aromatic heterocycles. The van der Waals surface area contributed by atoms with E-state index in [-0.39, 0.29) is 12.5 Å². The number of hydrogen-bond acceptors (Lipinski definition) is 6. The highest BCUT2D eigenvalue weighted by Gasteiger charge is 2.10. The molecule has 27 heavy (non-hydrogen) atoms. The van der Waals surface area contributed by atoms with Gasteiger partial charge in [-0.05, 0) is 44.2 Å². The lowest BCUT2D eigenvalue weighted by atomic mass is 10.2. The first-order chi connectivity index (χ1) is 13.1. The Morgan fingerprint density at radius 1 is 0.926 bits per heavy atom. The maximum Gasteiger partial charge on any atom is 0.337 e. The Morgan fingerprint density at radius 3 is 2.37 bits per heavy atom. The second-order valence-corrected chi connectivity index (χ2v) is 5.38. The Kier molecular flexibility index (Phi) is 7.49. The summed E-state index contributed by atoms with van der Waals surface area (Å²) in [6, 6.07) is 11.6. The SMILES string of the molecule is CCOc1ccc(NC(=O)COc2cccc(C(=O)OC)c2)cc1OCC. The molecular weight excluding hydrogens is 350 g/mol. The van der Waals surface area contributed by atoms with Gasteiger partial charge in [0.05, 0.1) is 25.9 Å². The van der Waals surface area contributed by atoms with Gasteiger partial charge in [0.25, 0.3) is 5.91 Å². The first-order valence-corrected chi connectivity index (χ1v) is 8.58. The van der Waals surface area contributed by atoms with Crippen LogP contribution in [0.3, 0.4) is 0 Å². The molecule has 0 atom stereocenters. The predicted octanol–water partition coefficient (Wildman–Crippen LogP) is 3.29. The summed E-state index contributed by atoms with van der Waals surface area (Å²) in [4.78, 5) is 23.7.